The molecule has 2 atom stereocenters. The van der Waals surface area contributed by atoms with Gasteiger partial charge in [0.25, 0.3) is 0 Å². The van der Waals surface area contributed by atoms with Crippen LogP contribution in [0.2, 0.25) is 0 Å². The minimum absolute atomic E-state index is 0.123. The molecule has 1 N–H and O–H groups in total. The lowest BCUT2D eigenvalue weighted by atomic mass is 9.94. The zero-order valence-electron chi connectivity index (χ0n) is 9.95. The summed E-state index contributed by atoms with van der Waals surface area (Å²) in [6.45, 7) is 6.62. The molecule has 0 aliphatic carbocycles. The van der Waals surface area contributed by atoms with Crippen molar-refractivity contribution in [3.05, 3.63) is 0 Å². The molecule has 4 heteroatoms. The first kappa shape index (κ1) is 12.5. The van der Waals surface area contributed by atoms with Gasteiger partial charge in [-0.2, -0.15) is 0 Å². The molecule has 88 valence electrons. The fraction of sp³-hybridized carbons (Fsp3) is 0.909. The topological polar surface area (TPSA) is 41.6 Å². The minimum Gasteiger partial charge on any atom is -0.372 e. The van der Waals surface area contributed by atoms with E-state index in [2.05, 4.69) is 12.2 Å². The number of amides is 1. The molecule has 1 aliphatic heterocycles. The van der Waals surface area contributed by atoms with Crippen molar-refractivity contribution in [1.82, 2.24) is 10.2 Å². The summed E-state index contributed by atoms with van der Waals surface area (Å²) in [7, 11) is 1.98. The predicted octanol–water partition coefficient (Wildman–Crippen LogP) is 0.479. The monoisotopic (exact) mass is 214 g/mol. The maximum absolute atomic E-state index is 11.7. The maximum Gasteiger partial charge on any atom is 0.248 e. The van der Waals surface area contributed by atoms with Crippen molar-refractivity contribution >= 4 is 5.91 Å². The van der Waals surface area contributed by atoms with E-state index in [1.165, 1.54) is 0 Å². The van der Waals surface area contributed by atoms with E-state index >= 15 is 0 Å². The second-order valence-corrected chi connectivity index (χ2v) is 4.14. The van der Waals surface area contributed by atoms with Gasteiger partial charge in [-0.05, 0) is 26.3 Å². The van der Waals surface area contributed by atoms with E-state index in [1.54, 1.807) is 0 Å². The number of nitrogens with one attached hydrogen (secondary N) is 1. The maximum atomic E-state index is 11.7. The highest BCUT2D eigenvalue weighted by Gasteiger charge is 2.27. The van der Waals surface area contributed by atoms with Crippen molar-refractivity contribution < 1.29 is 9.53 Å². The lowest BCUT2D eigenvalue weighted by Gasteiger charge is -2.36. The molecule has 0 bridgehead atoms. The number of rotatable bonds is 4. The highest BCUT2D eigenvalue weighted by Crippen LogP contribution is 2.16. The summed E-state index contributed by atoms with van der Waals surface area (Å²) in [5.41, 5.74) is 0. The third-order valence-corrected chi connectivity index (χ3v) is 3.06. The summed E-state index contributed by atoms with van der Waals surface area (Å²) in [6, 6.07) is 0.543. The Morgan fingerprint density at radius 1 is 1.60 bits per heavy atom. The molecule has 0 aromatic heterocycles. The van der Waals surface area contributed by atoms with Gasteiger partial charge in [0, 0.05) is 25.7 Å². The van der Waals surface area contributed by atoms with Crippen LogP contribution in [0.15, 0.2) is 0 Å². The van der Waals surface area contributed by atoms with Crippen LogP contribution in [0.4, 0.5) is 0 Å². The molecule has 0 radical (unpaired) electrons. The van der Waals surface area contributed by atoms with E-state index in [4.69, 9.17) is 4.74 Å². The largest absolute Gasteiger partial charge is 0.372 e. The molecular weight excluding hydrogens is 192 g/mol. The van der Waals surface area contributed by atoms with Gasteiger partial charge in [-0.1, -0.05) is 6.92 Å². The Kier molecular flexibility index (Phi) is 5.05. The Morgan fingerprint density at radius 3 is 2.87 bits per heavy atom. The number of likely N-dealkylation sites (tertiary alicyclic amines) is 1. The number of carbonyl (C=O) groups excluding carboxylic acids is 1. The quantitative estimate of drug-likeness (QED) is 0.740. The number of carbonyl (C=O) groups is 1. The molecule has 1 heterocycles. The molecule has 1 fully saturated rings. The lowest BCUT2D eigenvalue weighted by Crippen LogP contribution is -2.50. The Balaban J connectivity index is 2.36. The Hall–Kier alpha value is -0.610. The summed E-state index contributed by atoms with van der Waals surface area (Å²) in [4.78, 5) is 13.6. The predicted molar refractivity (Wildman–Crippen MR) is 59.7 cm³/mol. The van der Waals surface area contributed by atoms with Crippen LogP contribution in [0, 0.1) is 5.92 Å². The van der Waals surface area contributed by atoms with Crippen LogP contribution in [0.3, 0.4) is 0 Å². The van der Waals surface area contributed by atoms with Crippen molar-refractivity contribution in [2.45, 2.75) is 26.3 Å². The van der Waals surface area contributed by atoms with Crippen LogP contribution in [-0.2, 0) is 9.53 Å². The van der Waals surface area contributed by atoms with Crippen LogP contribution in [0.5, 0.6) is 0 Å². The average Bonchev–Trinajstić information content (AvgIpc) is 2.25. The van der Waals surface area contributed by atoms with Gasteiger partial charge in [-0.3, -0.25) is 4.79 Å². The number of hydrogen-bond donors (Lipinski definition) is 1. The van der Waals surface area contributed by atoms with Gasteiger partial charge >= 0.3 is 0 Å². The van der Waals surface area contributed by atoms with E-state index in [9.17, 15) is 4.79 Å². The number of hydrogen-bond acceptors (Lipinski definition) is 3. The van der Waals surface area contributed by atoms with Gasteiger partial charge in [-0.25, -0.2) is 0 Å². The molecule has 0 saturated carbocycles. The van der Waals surface area contributed by atoms with Crippen molar-refractivity contribution in [3.63, 3.8) is 0 Å². The Bertz CT molecular complexity index is 209. The second kappa shape index (κ2) is 6.08. The molecule has 4 nitrogen and oxygen atoms in total. The lowest BCUT2D eigenvalue weighted by molar-refractivity contribution is -0.138. The van der Waals surface area contributed by atoms with Crippen molar-refractivity contribution in [3.8, 4) is 0 Å². The van der Waals surface area contributed by atoms with Crippen LogP contribution in [0.1, 0.15) is 20.3 Å². The van der Waals surface area contributed by atoms with Crippen LogP contribution in [-0.4, -0.2) is 50.2 Å². The standard InChI is InChI=1S/C11H22N2O2/c1-4-15-8-11(14)13-6-5-10(12-3)9(2)7-13/h9-10,12H,4-8H2,1-3H3. The average molecular weight is 214 g/mol. The number of nitrogens with zero attached hydrogens (tertiary/aromatic N) is 1. The van der Waals surface area contributed by atoms with Gasteiger partial charge in [0.15, 0.2) is 0 Å². The molecule has 1 aliphatic rings. The van der Waals surface area contributed by atoms with Gasteiger partial charge < -0.3 is 15.0 Å². The first-order chi connectivity index (χ1) is 7.19. The molecule has 2 unspecified atom stereocenters. The Labute approximate surface area is 92.0 Å². The highest BCUT2D eigenvalue weighted by atomic mass is 16.5. The summed E-state index contributed by atoms with van der Waals surface area (Å²) in [6.07, 6.45) is 1.04. The van der Waals surface area contributed by atoms with E-state index in [0.29, 0.717) is 18.6 Å². The summed E-state index contributed by atoms with van der Waals surface area (Å²) >= 11 is 0. The van der Waals surface area contributed by atoms with Crippen LogP contribution in [0.25, 0.3) is 0 Å². The normalized spacial score (nSPS) is 26.7. The zero-order valence-corrected chi connectivity index (χ0v) is 9.95. The van der Waals surface area contributed by atoms with Gasteiger partial charge in [0.1, 0.15) is 6.61 Å². The van der Waals surface area contributed by atoms with Gasteiger partial charge in [0.2, 0.25) is 5.91 Å². The van der Waals surface area contributed by atoms with E-state index in [0.717, 1.165) is 19.5 Å². The third kappa shape index (κ3) is 3.47. The van der Waals surface area contributed by atoms with Gasteiger partial charge in [-0.15, -0.1) is 0 Å². The third-order valence-electron chi connectivity index (χ3n) is 3.06. The molecule has 15 heavy (non-hydrogen) atoms. The first-order valence-electron chi connectivity index (χ1n) is 5.71. The van der Waals surface area contributed by atoms with Crippen LogP contribution >= 0.6 is 0 Å². The number of piperidine rings is 1. The molecule has 0 spiro atoms. The molecule has 0 aromatic rings. The second-order valence-electron chi connectivity index (χ2n) is 4.14. The van der Waals surface area contributed by atoms with E-state index in [1.807, 2.05) is 18.9 Å². The molecule has 1 rings (SSSR count). The van der Waals surface area contributed by atoms with Crippen molar-refractivity contribution in [1.29, 1.82) is 0 Å². The zero-order chi connectivity index (χ0) is 11.3. The van der Waals surface area contributed by atoms with Gasteiger partial charge in [0.05, 0.1) is 0 Å². The minimum atomic E-state index is 0.123. The summed E-state index contributed by atoms with van der Waals surface area (Å²) in [5, 5.41) is 3.29. The fourth-order valence-electron chi connectivity index (χ4n) is 2.08. The van der Waals surface area contributed by atoms with E-state index < -0.39 is 0 Å². The van der Waals surface area contributed by atoms with Crippen molar-refractivity contribution in [2.24, 2.45) is 5.92 Å². The smallest absolute Gasteiger partial charge is 0.248 e. The molecule has 1 saturated heterocycles. The molecular formula is C11H22N2O2. The number of ether oxygens (including phenoxy) is 1. The molecule has 0 aromatic carbocycles. The fourth-order valence-corrected chi connectivity index (χ4v) is 2.08. The van der Waals surface area contributed by atoms with Crippen LogP contribution < -0.4 is 5.32 Å². The van der Waals surface area contributed by atoms with Crippen molar-refractivity contribution in [2.75, 3.05) is 33.4 Å². The first-order valence-corrected chi connectivity index (χ1v) is 5.71. The van der Waals surface area contributed by atoms with E-state index in [-0.39, 0.29) is 12.5 Å². The summed E-state index contributed by atoms with van der Waals surface area (Å²) in [5.74, 6) is 0.646. The Morgan fingerprint density at radius 2 is 2.33 bits per heavy atom. The molecule has 1 amide bonds. The summed E-state index contributed by atoms with van der Waals surface area (Å²) < 4.78 is 5.13. The highest BCUT2D eigenvalue weighted by molar-refractivity contribution is 5.77. The SMILES string of the molecule is CCOCC(=O)N1CCC(NC)C(C)C1.